The Hall–Kier alpha value is -2.13. The summed E-state index contributed by atoms with van der Waals surface area (Å²) in [6.45, 7) is 0. The third kappa shape index (κ3) is 2.89. The first-order chi connectivity index (χ1) is 9.29. The number of nitrogens with zero attached hydrogens (tertiary/aromatic N) is 4. The smallest absolute Gasteiger partial charge is 0.251 e. The van der Waals surface area contributed by atoms with Crippen LogP contribution in [0.15, 0.2) is 35.4 Å². The van der Waals surface area contributed by atoms with E-state index < -0.39 is 22.9 Å². The van der Waals surface area contributed by atoms with Gasteiger partial charge in [-0.15, -0.1) is 13.2 Å². The number of aromatic nitrogens is 3. The number of alkyl halides is 3. The molecule has 0 aliphatic rings. The van der Waals surface area contributed by atoms with Gasteiger partial charge in [-0.05, 0) is 18.2 Å². The van der Waals surface area contributed by atoms with E-state index in [1.807, 2.05) is 0 Å². The SMILES string of the molecule is NN(c1ncn(-c2cccc(Cl)c2)c(=O)n1)C(F)(F)F. The number of hydrazine groups is 1. The Bertz CT molecular complexity index is 687. The zero-order valence-corrected chi connectivity index (χ0v) is 10.4. The van der Waals surface area contributed by atoms with Crippen molar-refractivity contribution in [3.05, 3.63) is 46.1 Å². The molecule has 1 heterocycles. The molecule has 1 aromatic carbocycles. The summed E-state index contributed by atoms with van der Waals surface area (Å²) in [5, 5.41) is -0.286. The van der Waals surface area contributed by atoms with Crippen LogP contribution in [-0.2, 0) is 0 Å². The maximum absolute atomic E-state index is 12.3. The van der Waals surface area contributed by atoms with E-state index >= 15 is 0 Å². The van der Waals surface area contributed by atoms with Crippen LogP contribution in [-0.4, -0.2) is 20.8 Å². The van der Waals surface area contributed by atoms with E-state index in [1.165, 1.54) is 12.1 Å². The lowest BCUT2D eigenvalue weighted by Gasteiger charge is -2.18. The normalized spacial score (nSPS) is 11.4. The summed E-state index contributed by atoms with van der Waals surface area (Å²) in [5.74, 6) is 3.82. The van der Waals surface area contributed by atoms with Crippen molar-refractivity contribution < 1.29 is 13.2 Å². The number of benzene rings is 1. The fourth-order valence-electron chi connectivity index (χ4n) is 1.36. The number of hydrogen-bond acceptors (Lipinski definition) is 5. The molecule has 10 heteroatoms. The van der Waals surface area contributed by atoms with E-state index in [-0.39, 0.29) is 0 Å². The standard InChI is InChI=1S/C10H7ClF3N5O/c11-6-2-1-3-7(4-6)18-5-16-8(17-9(18)20)19(15)10(12,13)14/h1-5H,15H2. The first-order valence-electron chi connectivity index (χ1n) is 5.12. The van der Waals surface area contributed by atoms with Gasteiger partial charge in [0.2, 0.25) is 0 Å². The zero-order chi connectivity index (χ0) is 14.9. The van der Waals surface area contributed by atoms with Crippen molar-refractivity contribution in [2.75, 3.05) is 5.01 Å². The highest BCUT2D eigenvalue weighted by Crippen LogP contribution is 2.21. The Labute approximate surface area is 115 Å². The molecule has 2 N–H and O–H groups in total. The zero-order valence-electron chi connectivity index (χ0n) is 9.67. The molecule has 0 atom stereocenters. The Morgan fingerprint density at radius 1 is 1.35 bits per heavy atom. The molecule has 0 radical (unpaired) electrons. The molecule has 0 saturated carbocycles. The second-order valence-electron chi connectivity index (χ2n) is 3.63. The Morgan fingerprint density at radius 3 is 2.60 bits per heavy atom. The van der Waals surface area contributed by atoms with Crippen LogP contribution < -0.4 is 16.5 Å². The van der Waals surface area contributed by atoms with Crippen molar-refractivity contribution in [2.45, 2.75) is 6.30 Å². The summed E-state index contributed by atoms with van der Waals surface area (Å²) in [5.41, 5.74) is -0.637. The molecule has 106 valence electrons. The molecule has 0 saturated heterocycles. The van der Waals surface area contributed by atoms with Crippen LogP contribution in [0.1, 0.15) is 0 Å². The molecule has 0 bridgehead atoms. The van der Waals surface area contributed by atoms with Crippen molar-refractivity contribution >= 4 is 17.5 Å². The Morgan fingerprint density at radius 2 is 2.05 bits per heavy atom. The summed E-state index contributed by atoms with van der Waals surface area (Å²) in [6, 6.07) is 6.12. The molecule has 0 fully saturated rings. The van der Waals surface area contributed by atoms with E-state index in [0.29, 0.717) is 10.7 Å². The van der Waals surface area contributed by atoms with Crippen LogP contribution in [0.2, 0.25) is 5.02 Å². The monoisotopic (exact) mass is 305 g/mol. The highest BCUT2D eigenvalue weighted by molar-refractivity contribution is 6.30. The van der Waals surface area contributed by atoms with Gasteiger partial charge in [-0.1, -0.05) is 17.7 Å². The first-order valence-corrected chi connectivity index (χ1v) is 5.50. The molecule has 2 aromatic rings. The van der Waals surface area contributed by atoms with Crippen LogP contribution in [0.3, 0.4) is 0 Å². The summed E-state index contributed by atoms with van der Waals surface area (Å²) in [4.78, 5) is 18.3. The van der Waals surface area contributed by atoms with Crippen LogP contribution in [0.4, 0.5) is 19.1 Å². The number of halogens is 4. The third-order valence-electron chi connectivity index (χ3n) is 2.27. The van der Waals surface area contributed by atoms with Gasteiger partial charge in [0.25, 0.3) is 5.95 Å². The highest BCUT2D eigenvalue weighted by Gasteiger charge is 2.37. The number of hydrogen-bond donors (Lipinski definition) is 1. The lowest BCUT2D eigenvalue weighted by atomic mass is 10.3. The molecule has 2 rings (SSSR count). The average molecular weight is 306 g/mol. The predicted octanol–water partition coefficient (Wildman–Crippen LogP) is 1.48. The lowest BCUT2D eigenvalue weighted by molar-refractivity contribution is -0.130. The van der Waals surface area contributed by atoms with Gasteiger partial charge >= 0.3 is 12.0 Å². The Kier molecular flexibility index (Phi) is 3.64. The van der Waals surface area contributed by atoms with Gasteiger partial charge in [-0.3, -0.25) is 4.57 Å². The quantitative estimate of drug-likeness (QED) is 0.516. The molecule has 0 aliphatic carbocycles. The fourth-order valence-corrected chi connectivity index (χ4v) is 1.54. The van der Waals surface area contributed by atoms with Crippen molar-refractivity contribution in [1.29, 1.82) is 0 Å². The number of nitrogens with two attached hydrogens (primary N) is 1. The first kappa shape index (κ1) is 14.3. The maximum atomic E-state index is 12.3. The largest absolute Gasteiger partial charge is 0.501 e. The minimum Gasteiger partial charge on any atom is -0.251 e. The second-order valence-corrected chi connectivity index (χ2v) is 4.06. The van der Waals surface area contributed by atoms with Crippen molar-refractivity contribution in [3.8, 4) is 5.69 Å². The third-order valence-corrected chi connectivity index (χ3v) is 2.50. The molecule has 0 amide bonds. The second kappa shape index (κ2) is 5.10. The fraction of sp³-hybridized carbons (Fsp3) is 0.100. The molecule has 0 spiro atoms. The van der Waals surface area contributed by atoms with Crippen LogP contribution in [0.25, 0.3) is 5.69 Å². The molecular formula is C10H7ClF3N5O. The van der Waals surface area contributed by atoms with Crippen LogP contribution >= 0.6 is 11.6 Å². The minimum absolute atomic E-state index is 0.324. The van der Waals surface area contributed by atoms with Crippen molar-refractivity contribution in [2.24, 2.45) is 5.84 Å². The predicted molar refractivity (Wildman–Crippen MR) is 65.4 cm³/mol. The molecule has 0 aliphatic heterocycles. The van der Waals surface area contributed by atoms with E-state index in [1.54, 1.807) is 12.1 Å². The van der Waals surface area contributed by atoms with Crippen molar-refractivity contribution in [1.82, 2.24) is 14.5 Å². The highest BCUT2D eigenvalue weighted by atomic mass is 35.5. The topological polar surface area (TPSA) is 77.0 Å². The molecular weight excluding hydrogens is 299 g/mol. The van der Waals surface area contributed by atoms with E-state index in [9.17, 15) is 18.0 Å². The summed E-state index contributed by atoms with van der Waals surface area (Å²) < 4.78 is 38.0. The van der Waals surface area contributed by atoms with Gasteiger partial charge in [-0.2, -0.15) is 9.99 Å². The van der Waals surface area contributed by atoms with E-state index in [2.05, 4.69) is 9.97 Å². The van der Waals surface area contributed by atoms with Crippen molar-refractivity contribution in [3.63, 3.8) is 0 Å². The van der Waals surface area contributed by atoms with E-state index in [0.717, 1.165) is 10.9 Å². The van der Waals surface area contributed by atoms with Gasteiger partial charge in [0.05, 0.1) is 5.69 Å². The van der Waals surface area contributed by atoms with Crippen LogP contribution in [0, 0.1) is 0 Å². The van der Waals surface area contributed by atoms with Gasteiger partial charge in [0.1, 0.15) is 6.33 Å². The lowest BCUT2D eigenvalue weighted by Crippen LogP contribution is -2.46. The molecule has 6 nitrogen and oxygen atoms in total. The van der Waals surface area contributed by atoms with Crippen LogP contribution in [0.5, 0.6) is 0 Å². The van der Waals surface area contributed by atoms with E-state index in [4.69, 9.17) is 17.4 Å². The molecule has 0 unspecified atom stereocenters. The van der Waals surface area contributed by atoms with Gasteiger partial charge in [-0.25, -0.2) is 15.6 Å². The minimum atomic E-state index is -4.88. The van der Waals surface area contributed by atoms with Gasteiger partial charge in [0.15, 0.2) is 0 Å². The van der Waals surface area contributed by atoms with Gasteiger partial charge < -0.3 is 0 Å². The summed E-state index contributed by atoms with van der Waals surface area (Å²) >= 11 is 5.76. The molecule has 20 heavy (non-hydrogen) atoms. The summed E-state index contributed by atoms with van der Waals surface area (Å²) in [7, 11) is 0. The number of anilines is 1. The summed E-state index contributed by atoms with van der Waals surface area (Å²) in [6.07, 6.45) is -3.99. The molecule has 1 aromatic heterocycles. The average Bonchev–Trinajstić information content (AvgIpc) is 2.36. The number of rotatable bonds is 2. The Balaban J connectivity index is 2.44. The maximum Gasteiger partial charge on any atom is 0.501 e. The van der Waals surface area contributed by atoms with Gasteiger partial charge in [0, 0.05) is 5.02 Å².